The first kappa shape index (κ1) is 15.1. The molecule has 1 aliphatic rings. The van der Waals surface area contributed by atoms with Gasteiger partial charge in [-0.2, -0.15) is 11.8 Å². The number of hydrogen-bond acceptors (Lipinski definition) is 3. The fraction of sp³-hybridized carbons (Fsp3) is 0.571. The molecule has 0 amide bonds. The molecule has 2 atom stereocenters. The maximum atomic E-state index is 13.5. The van der Waals surface area contributed by atoms with Gasteiger partial charge >= 0.3 is 0 Å². The fourth-order valence-corrected chi connectivity index (χ4v) is 3.32. The Kier molecular flexibility index (Phi) is 5.95. The molecule has 0 aromatic heterocycles. The average Bonchev–Trinajstić information content (AvgIpc) is 2.43. The molecule has 1 aromatic rings. The predicted octanol–water partition coefficient (Wildman–Crippen LogP) is 3.13. The standard InChI is InChI=1S/C14H19ClFNOS/c1-2-17-13(14-9-19-6-5-18-14)8-10-3-4-11(15)12(16)7-10/h3-4,7,13-14,17H,2,5-6,8-9H2,1H3. The molecule has 2 unspecified atom stereocenters. The first-order valence-corrected chi connectivity index (χ1v) is 8.10. The van der Waals surface area contributed by atoms with Gasteiger partial charge < -0.3 is 10.1 Å². The predicted molar refractivity (Wildman–Crippen MR) is 79.6 cm³/mol. The molecule has 0 radical (unpaired) electrons. The van der Waals surface area contributed by atoms with E-state index in [-0.39, 0.29) is 23.0 Å². The summed E-state index contributed by atoms with van der Waals surface area (Å²) in [6.07, 6.45) is 0.949. The number of likely N-dealkylation sites (N-methyl/N-ethyl adjacent to an activating group) is 1. The number of nitrogens with one attached hydrogen (secondary N) is 1. The van der Waals surface area contributed by atoms with Gasteiger partial charge in [0.15, 0.2) is 0 Å². The third-order valence-electron chi connectivity index (χ3n) is 3.20. The van der Waals surface area contributed by atoms with Crippen molar-refractivity contribution in [2.24, 2.45) is 0 Å². The number of ether oxygens (including phenoxy) is 1. The molecule has 0 spiro atoms. The van der Waals surface area contributed by atoms with Crippen LogP contribution in [0, 0.1) is 5.82 Å². The van der Waals surface area contributed by atoms with Crippen molar-refractivity contribution in [3.8, 4) is 0 Å². The monoisotopic (exact) mass is 303 g/mol. The van der Waals surface area contributed by atoms with Gasteiger partial charge in [-0.1, -0.05) is 24.6 Å². The van der Waals surface area contributed by atoms with E-state index in [2.05, 4.69) is 12.2 Å². The minimum absolute atomic E-state index is 0.174. The van der Waals surface area contributed by atoms with Crippen LogP contribution in [-0.4, -0.2) is 36.8 Å². The maximum absolute atomic E-state index is 13.5. The SMILES string of the molecule is CCNC(Cc1ccc(Cl)c(F)c1)C1CSCCO1. The topological polar surface area (TPSA) is 21.3 Å². The number of halogens is 2. The summed E-state index contributed by atoms with van der Waals surface area (Å²) in [5.74, 6) is 1.70. The van der Waals surface area contributed by atoms with Crippen molar-refractivity contribution < 1.29 is 9.13 Å². The van der Waals surface area contributed by atoms with Crippen LogP contribution in [0.25, 0.3) is 0 Å². The smallest absolute Gasteiger partial charge is 0.142 e. The Morgan fingerprint density at radius 3 is 3.05 bits per heavy atom. The van der Waals surface area contributed by atoms with Crippen LogP contribution in [0.4, 0.5) is 4.39 Å². The highest BCUT2D eigenvalue weighted by molar-refractivity contribution is 7.99. The van der Waals surface area contributed by atoms with Gasteiger partial charge in [0.05, 0.1) is 17.7 Å². The Labute approximate surface area is 123 Å². The Balaban J connectivity index is 2.04. The Morgan fingerprint density at radius 2 is 2.42 bits per heavy atom. The van der Waals surface area contributed by atoms with E-state index in [4.69, 9.17) is 16.3 Å². The maximum Gasteiger partial charge on any atom is 0.142 e. The summed E-state index contributed by atoms with van der Waals surface area (Å²) in [6, 6.07) is 5.23. The molecular formula is C14H19ClFNOS. The minimum Gasteiger partial charge on any atom is -0.375 e. The van der Waals surface area contributed by atoms with Crippen molar-refractivity contribution in [3.63, 3.8) is 0 Å². The molecule has 1 aromatic carbocycles. The molecule has 1 aliphatic heterocycles. The lowest BCUT2D eigenvalue weighted by molar-refractivity contribution is 0.0476. The molecule has 19 heavy (non-hydrogen) atoms. The summed E-state index contributed by atoms with van der Waals surface area (Å²) in [5, 5.41) is 3.62. The summed E-state index contributed by atoms with van der Waals surface area (Å²) in [4.78, 5) is 0. The van der Waals surface area contributed by atoms with E-state index in [0.29, 0.717) is 0 Å². The van der Waals surface area contributed by atoms with Crippen LogP contribution >= 0.6 is 23.4 Å². The van der Waals surface area contributed by atoms with Crippen LogP contribution in [0.5, 0.6) is 0 Å². The third kappa shape index (κ3) is 4.35. The summed E-state index contributed by atoms with van der Waals surface area (Å²) in [6.45, 7) is 3.75. The lowest BCUT2D eigenvalue weighted by atomic mass is 10.0. The van der Waals surface area contributed by atoms with Crippen LogP contribution in [0.15, 0.2) is 18.2 Å². The quantitative estimate of drug-likeness (QED) is 0.903. The summed E-state index contributed by atoms with van der Waals surface area (Å²) in [7, 11) is 0. The summed E-state index contributed by atoms with van der Waals surface area (Å²) >= 11 is 7.62. The van der Waals surface area contributed by atoms with Crippen LogP contribution in [0.2, 0.25) is 5.02 Å². The Hall–Kier alpha value is -0.290. The second-order valence-corrected chi connectivity index (χ2v) is 6.16. The number of benzene rings is 1. The second-order valence-electron chi connectivity index (χ2n) is 4.60. The zero-order valence-electron chi connectivity index (χ0n) is 11.0. The van der Waals surface area contributed by atoms with E-state index < -0.39 is 0 Å². The Morgan fingerprint density at radius 1 is 1.58 bits per heavy atom. The van der Waals surface area contributed by atoms with Gasteiger partial charge in [0, 0.05) is 17.5 Å². The molecule has 5 heteroatoms. The van der Waals surface area contributed by atoms with Gasteiger partial charge in [0.2, 0.25) is 0 Å². The largest absolute Gasteiger partial charge is 0.375 e. The minimum atomic E-state index is -0.353. The average molecular weight is 304 g/mol. The highest BCUT2D eigenvalue weighted by Gasteiger charge is 2.24. The van der Waals surface area contributed by atoms with Gasteiger partial charge in [0.1, 0.15) is 5.82 Å². The highest BCUT2D eigenvalue weighted by Crippen LogP contribution is 2.20. The van der Waals surface area contributed by atoms with Gasteiger partial charge in [0.25, 0.3) is 0 Å². The zero-order chi connectivity index (χ0) is 13.7. The van der Waals surface area contributed by atoms with Gasteiger partial charge in [-0.3, -0.25) is 0 Å². The van der Waals surface area contributed by atoms with E-state index in [9.17, 15) is 4.39 Å². The summed E-state index contributed by atoms with van der Waals surface area (Å²) in [5.41, 5.74) is 0.951. The molecule has 106 valence electrons. The van der Waals surface area contributed by atoms with Crippen molar-refractivity contribution in [2.45, 2.75) is 25.5 Å². The van der Waals surface area contributed by atoms with Crippen molar-refractivity contribution in [1.29, 1.82) is 0 Å². The molecule has 0 bridgehead atoms. The molecule has 1 N–H and O–H groups in total. The van der Waals surface area contributed by atoms with Crippen molar-refractivity contribution in [3.05, 3.63) is 34.6 Å². The lowest BCUT2D eigenvalue weighted by Crippen LogP contribution is -2.46. The number of hydrogen-bond donors (Lipinski definition) is 1. The first-order chi connectivity index (χ1) is 9.20. The lowest BCUT2D eigenvalue weighted by Gasteiger charge is -2.31. The summed E-state index contributed by atoms with van der Waals surface area (Å²) < 4.78 is 19.3. The van der Waals surface area contributed by atoms with Crippen molar-refractivity contribution in [1.82, 2.24) is 5.32 Å². The van der Waals surface area contributed by atoms with E-state index in [1.54, 1.807) is 6.07 Å². The third-order valence-corrected chi connectivity index (χ3v) is 4.52. The van der Waals surface area contributed by atoms with Gasteiger partial charge in [-0.15, -0.1) is 0 Å². The molecule has 2 nitrogen and oxygen atoms in total. The van der Waals surface area contributed by atoms with Crippen LogP contribution in [0.1, 0.15) is 12.5 Å². The molecule has 0 saturated carbocycles. The van der Waals surface area contributed by atoms with Crippen LogP contribution in [0.3, 0.4) is 0 Å². The normalized spacial score (nSPS) is 21.3. The molecule has 0 aliphatic carbocycles. The molecule has 1 fully saturated rings. The number of rotatable bonds is 5. The van der Waals surface area contributed by atoms with E-state index >= 15 is 0 Å². The van der Waals surface area contributed by atoms with Gasteiger partial charge in [-0.25, -0.2) is 4.39 Å². The molecule has 2 rings (SSSR count). The first-order valence-electron chi connectivity index (χ1n) is 6.57. The number of thioether (sulfide) groups is 1. The zero-order valence-corrected chi connectivity index (χ0v) is 12.6. The molecule has 1 saturated heterocycles. The fourth-order valence-electron chi connectivity index (χ4n) is 2.26. The van der Waals surface area contributed by atoms with Crippen LogP contribution < -0.4 is 5.32 Å². The van der Waals surface area contributed by atoms with Crippen LogP contribution in [-0.2, 0) is 11.2 Å². The van der Waals surface area contributed by atoms with E-state index in [1.807, 2.05) is 17.8 Å². The van der Waals surface area contributed by atoms with E-state index in [1.165, 1.54) is 6.07 Å². The Bertz CT molecular complexity index is 412. The molecular weight excluding hydrogens is 285 g/mol. The van der Waals surface area contributed by atoms with Crippen molar-refractivity contribution in [2.75, 3.05) is 24.7 Å². The highest BCUT2D eigenvalue weighted by atomic mass is 35.5. The van der Waals surface area contributed by atoms with Gasteiger partial charge in [-0.05, 0) is 30.7 Å². The van der Waals surface area contributed by atoms with Crippen molar-refractivity contribution >= 4 is 23.4 Å². The molecule has 1 heterocycles. The van der Waals surface area contributed by atoms with E-state index in [0.717, 1.165) is 36.6 Å². The second kappa shape index (κ2) is 7.48.